The van der Waals surface area contributed by atoms with Crippen LogP contribution in [0.2, 0.25) is 0 Å². The van der Waals surface area contributed by atoms with Gasteiger partial charge in [0.25, 0.3) is 0 Å². The minimum Gasteiger partial charge on any atom is -0.377 e. The zero-order valence-electron chi connectivity index (χ0n) is 11.2. The summed E-state index contributed by atoms with van der Waals surface area (Å²) in [5.41, 5.74) is 0.303. The Morgan fingerprint density at radius 1 is 1.41 bits per heavy atom. The van der Waals surface area contributed by atoms with Crippen molar-refractivity contribution in [2.75, 3.05) is 13.2 Å². The highest BCUT2D eigenvalue weighted by molar-refractivity contribution is 5.10. The second-order valence-corrected chi connectivity index (χ2v) is 6.01. The number of hydrogen-bond donors (Lipinski definition) is 1. The summed E-state index contributed by atoms with van der Waals surface area (Å²) in [6.45, 7) is 6.72. The Morgan fingerprint density at radius 2 is 2.24 bits per heavy atom. The average molecular weight is 235 g/mol. The van der Waals surface area contributed by atoms with Crippen molar-refractivity contribution in [3.05, 3.63) is 0 Å². The molecule has 2 aliphatic rings. The van der Waals surface area contributed by atoms with E-state index in [2.05, 4.69) is 25.1 Å². The molecule has 17 heavy (non-hydrogen) atoms. The van der Waals surface area contributed by atoms with Crippen LogP contribution >= 0.6 is 0 Å². The van der Waals surface area contributed by atoms with Gasteiger partial charge in [0.1, 0.15) is 0 Å². The standard InChI is InChI=1S/C15H25NO/c1-4-5-6-7-10-16-13-12-9-8-11-17-14(12)15(13,2)3/h1,12-14,16H,5-11H2,2-3H3. The quantitative estimate of drug-likeness (QED) is 0.584. The maximum absolute atomic E-state index is 5.90. The topological polar surface area (TPSA) is 21.3 Å². The lowest BCUT2D eigenvalue weighted by molar-refractivity contribution is -0.192. The Morgan fingerprint density at radius 3 is 3.00 bits per heavy atom. The van der Waals surface area contributed by atoms with Crippen molar-refractivity contribution in [2.24, 2.45) is 11.3 Å². The van der Waals surface area contributed by atoms with Crippen molar-refractivity contribution in [2.45, 2.75) is 58.1 Å². The summed E-state index contributed by atoms with van der Waals surface area (Å²) < 4.78 is 5.90. The van der Waals surface area contributed by atoms with E-state index >= 15 is 0 Å². The van der Waals surface area contributed by atoms with E-state index in [0.29, 0.717) is 17.6 Å². The molecule has 0 spiro atoms. The van der Waals surface area contributed by atoms with Gasteiger partial charge in [-0.3, -0.25) is 0 Å². The van der Waals surface area contributed by atoms with E-state index in [0.717, 1.165) is 31.9 Å². The third kappa shape index (κ3) is 2.51. The van der Waals surface area contributed by atoms with Crippen molar-refractivity contribution in [1.29, 1.82) is 0 Å². The molecular weight excluding hydrogens is 210 g/mol. The van der Waals surface area contributed by atoms with Gasteiger partial charge < -0.3 is 10.1 Å². The first-order valence-corrected chi connectivity index (χ1v) is 6.96. The van der Waals surface area contributed by atoms with Gasteiger partial charge in [-0.2, -0.15) is 0 Å². The normalized spacial score (nSPS) is 34.5. The molecule has 1 aliphatic heterocycles. The van der Waals surface area contributed by atoms with E-state index < -0.39 is 0 Å². The van der Waals surface area contributed by atoms with Crippen molar-refractivity contribution in [3.63, 3.8) is 0 Å². The van der Waals surface area contributed by atoms with Gasteiger partial charge in [0.2, 0.25) is 0 Å². The molecule has 96 valence electrons. The van der Waals surface area contributed by atoms with Gasteiger partial charge in [-0.15, -0.1) is 12.3 Å². The molecule has 2 fully saturated rings. The summed E-state index contributed by atoms with van der Waals surface area (Å²) in [5, 5.41) is 3.72. The van der Waals surface area contributed by atoms with Gasteiger partial charge in [0.15, 0.2) is 0 Å². The van der Waals surface area contributed by atoms with Gasteiger partial charge >= 0.3 is 0 Å². The van der Waals surface area contributed by atoms with E-state index in [9.17, 15) is 0 Å². The van der Waals surface area contributed by atoms with Gasteiger partial charge in [-0.1, -0.05) is 13.8 Å². The molecule has 0 bridgehead atoms. The third-order valence-electron chi connectivity index (χ3n) is 4.44. The number of fused-ring (bicyclic) bond motifs is 1. The highest BCUT2D eigenvalue weighted by Gasteiger charge is 2.57. The van der Waals surface area contributed by atoms with Crippen LogP contribution in [-0.2, 0) is 4.74 Å². The van der Waals surface area contributed by atoms with Crippen molar-refractivity contribution in [3.8, 4) is 12.3 Å². The zero-order chi connectivity index (χ0) is 12.3. The largest absolute Gasteiger partial charge is 0.377 e. The van der Waals surface area contributed by atoms with Crippen LogP contribution in [0.1, 0.15) is 46.0 Å². The van der Waals surface area contributed by atoms with Crippen LogP contribution in [0.25, 0.3) is 0 Å². The van der Waals surface area contributed by atoms with Gasteiger partial charge in [-0.05, 0) is 32.2 Å². The molecule has 0 aromatic heterocycles. The second-order valence-electron chi connectivity index (χ2n) is 6.01. The zero-order valence-corrected chi connectivity index (χ0v) is 11.2. The first-order valence-electron chi connectivity index (χ1n) is 6.96. The van der Waals surface area contributed by atoms with Crippen LogP contribution < -0.4 is 5.32 Å². The maximum atomic E-state index is 5.90. The highest BCUT2D eigenvalue weighted by atomic mass is 16.5. The van der Waals surface area contributed by atoms with Crippen LogP contribution in [0.15, 0.2) is 0 Å². The Labute approximate surface area is 105 Å². The lowest BCUT2D eigenvalue weighted by atomic mass is 9.55. The van der Waals surface area contributed by atoms with Gasteiger partial charge in [-0.25, -0.2) is 0 Å². The Kier molecular flexibility index (Phi) is 4.12. The van der Waals surface area contributed by atoms with Crippen molar-refractivity contribution in [1.82, 2.24) is 5.32 Å². The van der Waals surface area contributed by atoms with Crippen LogP contribution in [0.4, 0.5) is 0 Å². The number of unbranched alkanes of at least 4 members (excludes halogenated alkanes) is 2. The maximum Gasteiger partial charge on any atom is 0.0684 e. The van der Waals surface area contributed by atoms with E-state index in [1.807, 2.05) is 0 Å². The summed E-state index contributed by atoms with van der Waals surface area (Å²) in [6, 6.07) is 0.638. The molecule has 2 heteroatoms. The van der Waals surface area contributed by atoms with Crippen LogP contribution in [0.5, 0.6) is 0 Å². The van der Waals surface area contributed by atoms with E-state index in [1.165, 1.54) is 19.3 Å². The third-order valence-corrected chi connectivity index (χ3v) is 4.44. The predicted octanol–water partition coefficient (Wildman–Crippen LogP) is 2.58. The fourth-order valence-corrected chi connectivity index (χ4v) is 3.55. The Balaban J connectivity index is 1.75. The smallest absolute Gasteiger partial charge is 0.0684 e. The molecule has 1 saturated carbocycles. The molecule has 0 aromatic rings. The monoisotopic (exact) mass is 235 g/mol. The summed E-state index contributed by atoms with van der Waals surface area (Å²) in [7, 11) is 0. The number of rotatable bonds is 5. The molecule has 1 N–H and O–H groups in total. The molecule has 0 aromatic carbocycles. The predicted molar refractivity (Wildman–Crippen MR) is 70.7 cm³/mol. The van der Waals surface area contributed by atoms with Gasteiger partial charge in [0, 0.05) is 30.4 Å². The first-order chi connectivity index (χ1) is 8.18. The van der Waals surface area contributed by atoms with Crippen LogP contribution in [0.3, 0.4) is 0 Å². The molecule has 2 nitrogen and oxygen atoms in total. The molecule has 1 saturated heterocycles. The molecular formula is C15H25NO. The van der Waals surface area contributed by atoms with Gasteiger partial charge in [0.05, 0.1) is 6.10 Å². The Hall–Kier alpha value is -0.520. The van der Waals surface area contributed by atoms with E-state index in [-0.39, 0.29) is 0 Å². The highest BCUT2D eigenvalue weighted by Crippen LogP contribution is 2.51. The summed E-state index contributed by atoms with van der Waals surface area (Å²) >= 11 is 0. The molecule has 2 rings (SSSR count). The number of hydrogen-bond acceptors (Lipinski definition) is 2. The number of ether oxygens (including phenoxy) is 1. The summed E-state index contributed by atoms with van der Waals surface area (Å²) in [4.78, 5) is 0. The molecule has 0 radical (unpaired) electrons. The molecule has 1 aliphatic carbocycles. The minimum atomic E-state index is 0.303. The minimum absolute atomic E-state index is 0.303. The van der Waals surface area contributed by atoms with Crippen LogP contribution in [-0.4, -0.2) is 25.3 Å². The summed E-state index contributed by atoms with van der Waals surface area (Å²) in [5.74, 6) is 3.44. The Bertz CT molecular complexity index is 292. The lowest BCUT2D eigenvalue weighted by Gasteiger charge is -2.60. The number of terminal acetylenes is 1. The molecule has 3 unspecified atom stereocenters. The molecule has 3 atom stereocenters. The first kappa shape index (κ1) is 12.9. The fraction of sp³-hybridized carbons (Fsp3) is 0.867. The lowest BCUT2D eigenvalue weighted by Crippen LogP contribution is -2.69. The average Bonchev–Trinajstić information content (AvgIpc) is 2.33. The van der Waals surface area contributed by atoms with Crippen molar-refractivity contribution >= 4 is 0 Å². The summed E-state index contributed by atoms with van der Waals surface area (Å²) in [6.07, 6.45) is 11.5. The number of nitrogens with one attached hydrogen (secondary N) is 1. The van der Waals surface area contributed by atoms with E-state index in [1.54, 1.807) is 0 Å². The fourth-order valence-electron chi connectivity index (χ4n) is 3.55. The second kappa shape index (κ2) is 5.42. The molecule has 0 amide bonds. The van der Waals surface area contributed by atoms with Crippen LogP contribution in [0, 0.1) is 23.7 Å². The molecule has 1 heterocycles. The van der Waals surface area contributed by atoms with Crippen molar-refractivity contribution < 1.29 is 4.74 Å². The SMILES string of the molecule is C#CCCCCNC1C2CCCOC2C1(C)C. The van der Waals surface area contributed by atoms with E-state index in [4.69, 9.17) is 11.2 Å².